The van der Waals surface area contributed by atoms with Crippen LogP contribution < -0.4 is 10.2 Å². The monoisotopic (exact) mass is 531 g/mol. The Hall–Kier alpha value is -3.40. The van der Waals surface area contributed by atoms with Gasteiger partial charge in [-0.2, -0.15) is 13.2 Å². The summed E-state index contributed by atoms with van der Waals surface area (Å²) in [5.74, 6) is 0.533. The third kappa shape index (κ3) is 6.49. The second-order valence-electron chi connectivity index (χ2n) is 9.04. The number of alkyl halides is 3. The van der Waals surface area contributed by atoms with E-state index in [0.29, 0.717) is 17.9 Å². The summed E-state index contributed by atoms with van der Waals surface area (Å²) in [6.45, 7) is 3.24. The zero-order valence-electron chi connectivity index (χ0n) is 20.3. The highest BCUT2D eigenvalue weighted by Gasteiger charge is 2.30. The van der Waals surface area contributed by atoms with E-state index in [-0.39, 0.29) is 29.0 Å². The summed E-state index contributed by atoms with van der Waals surface area (Å²) in [7, 11) is -3.27. The van der Waals surface area contributed by atoms with E-state index in [1.165, 1.54) is 18.3 Å². The number of pyridine rings is 1. The number of benzene rings is 2. The number of anilines is 1. The fourth-order valence-electron chi connectivity index (χ4n) is 4.37. The Morgan fingerprint density at radius 3 is 2.35 bits per heavy atom. The number of hydrogen-bond acceptors (Lipinski definition) is 5. The van der Waals surface area contributed by atoms with Gasteiger partial charge in [-0.1, -0.05) is 31.2 Å². The Morgan fingerprint density at radius 1 is 1.05 bits per heavy atom. The van der Waals surface area contributed by atoms with Crippen LogP contribution in [0.15, 0.2) is 71.8 Å². The number of hydrogen-bond donors (Lipinski definition) is 1. The van der Waals surface area contributed by atoms with Gasteiger partial charge < -0.3 is 10.2 Å². The summed E-state index contributed by atoms with van der Waals surface area (Å²) in [6.07, 6.45) is -1.08. The van der Waals surface area contributed by atoms with Crippen LogP contribution in [0.1, 0.15) is 52.7 Å². The van der Waals surface area contributed by atoms with E-state index in [0.717, 1.165) is 42.6 Å². The minimum absolute atomic E-state index is 0.0270. The molecule has 1 aromatic heterocycles. The Labute approximate surface area is 214 Å². The van der Waals surface area contributed by atoms with Crippen molar-refractivity contribution in [1.82, 2.24) is 10.3 Å². The van der Waals surface area contributed by atoms with Gasteiger partial charge in [0.1, 0.15) is 5.82 Å². The minimum Gasteiger partial charge on any atom is -0.356 e. The fourth-order valence-corrected chi connectivity index (χ4v) is 5.26. The lowest BCUT2D eigenvalue weighted by Crippen LogP contribution is -2.35. The van der Waals surface area contributed by atoms with Crippen molar-refractivity contribution in [2.45, 2.75) is 43.3 Å². The number of carbonyl (C=O) groups excluding carboxylic acids is 1. The van der Waals surface area contributed by atoms with Crippen molar-refractivity contribution in [2.75, 3.05) is 23.7 Å². The molecule has 6 nitrogen and oxygen atoms in total. The molecule has 0 radical (unpaired) electrons. The smallest absolute Gasteiger partial charge is 0.356 e. The van der Waals surface area contributed by atoms with Crippen molar-refractivity contribution in [3.63, 3.8) is 0 Å². The number of carbonyl (C=O) groups is 1. The van der Waals surface area contributed by atoms with Crippen molar-refractivity contribution in [3.05, 3.63) is 89.1 Å². The molecule has 1 aliphatic heterocycles. The maximum absolute atomic E-state index is 12.9. The molecule has 1 N–H and O–H groups in total. The van der Waals surface area contributed by atoms with E-state index < -0.39 is 21.6 Å². The topological polar surface area (TPSA) is 79.4 Å². The third-order valence-electron chi connectivity index (χ3n) is 6.58. The lowest BCUT2D eigenvalue weighted by Gasteiger charge is -2.34. The van der Waals surface area contributed by atoms with Gasteiger partial charge in [-0.15, -0.1) is 0 Å². The number of amides is 1. The van der Waals surface area contributed by atoms with Crippen LogP contribution in [0.4, 0.5) is 19.0 Å². The molecule has 2 aromatic carbocycles. The molecule has 0 bridgehead atoms. The average Bonchev–Trinajstić information content (AvgIpc) is 2.91. The Kier molecular flexibility index (Phi) is 7.87. The molecule has 196 valence electrons. The maximum atomic E-state index is 12.9. The van der Waals surface area contributed by atoms with Crippen LogP contribution in [0, 0.1) is 0 Å². The van der Waals surface area contributed by atoms with Gasteiger partial charge in [-0.05, 0) is 60.4 Å². The molecule has 10 heteroatoms. The summed E-state index contributed by atoms with van der Waals surface area (Å²) < 4.78 is 62.5. The van der Waals surface area contributed by atoms with Crippen molar-refractivity contribution in [1.29, 1.82) is 0 Å². The van der Waals surface area contributed by atoms with E-state index in [1.54, 1.807) is 43.3 Å². The summed E-state index contributed by atoms with van der Waals surface area (Å²) in [4.78, 5) is 19.4. The van der Waals surface area contributed by atoms with E-state index in [2.05, 4.69) is 15.2 Å². The molecule has 1 unspecified atom stereocenters. The van der Waals surface area contributed by atoms with Crippen molar-refractivity contribution in [2.24, 2.45) is 0 Å². The van der Waals surface area contributed by atoms with Gasteiger partial charge in [-0.25, -0.2) is 13.4 Å². The third-order valence-corrected chi connectivity index (χ3v) is 8.33. The molecule has 1 amide bonds. The van der Waals surface area contributed by atoms with Gasteiger partial charge in [0.05, 0.1) is 21.8 Å². The highest BCUT2D eigenvalue weighted by atomic mass is 32.2. The van der Waals surface area contributed by atoms with Crippen LogP contribution in [-0.4, -0.2) is 38.2 Å². The van der Waals surface area contributed by atoms with E-state index in [4.69, 9.17) is 0 Å². The number of nitrogens with one attached hydrogen (secondary N) is 1. The number of piperidine rings is 1. The predicted molar refractivity (Wildman–Crippen MR) is 135 cm³/mol. The van der Waals surface area contributed by atoms with Gasteiger partial charge in [0.25, 0.3) is 5.91 Å². The lowest BCUT2D eigenvalue weighted by molar-refractivity contribution is -0.137. The summed E-state index contributed by atoms with van der Waals surface area (Å²) >= 11 is 0. The van der Waals surface area contributed by atoms with Crippen LogP contribution in [0.2, 0.25) is 0 Å². The van der Waals surface area contributed by atoms with Gasteiger partial charge >= 0.3 is 6.18 Å². The van der Waals surface area contributed by atoms with Crippen molar-refractivity contribution in [3.8, 4) is 0 Å². The Bertz CT molecular complexity index is 1320. The van der Waals surface area contributed by atoms with Crippen LogP contribution >= 0.6 is 0 Å². The quantitative estimate of drug-likeness (QED) is 0.453. The lowest BCUT2D eigenvalue weighted by atomic mass is 9.90. The van der Waals surface area contributed by atoms with E-state index in [1.807, 2.05) is 0 Å². The highest BCUT2D eigenvalue weighted by Crippen LogP contribution is 2.33. The predicted octanol–water partition coefficient (Wildman–Crippen LogP) is 5.21. The second kappa shape index (κ2) is 10.9. The molecule has 0 saturated carbocycles. The van der Waals surface area contributed by atoms with Gasteiger partial charge in [-0.3, -0.25) is 4.79 Å². The minimum atomic E-state index is -4.35. The normalized spacial score (nSPS) is 16.4. The fraction of sp³-hybridized carbons (Fsp3) is 0.333. The number of halogens is 3. The number of aromatic nitrogens is 1. The molecule has 1 atom stereocenters. The van der Waals surface area contributed by atoms with Crippen LogP contribution in [0.25, 0.3) is 0 Å². The van der Waals surface area contributed by atoms with Crippen LogP contribution in [0.5, 0.6) is 0 Å². The Morgan fingerprint density at radius 2 is 1.76 bits per heavy atom. The first-order valence-electron chi connectivity index (χ1n) is 12.0. The molecule has 1 fully saturated rings. The summed E-state index contributed by atoms with van der Waals surface area (Å²) in [5, 5.41) is 2.81. The van der Waals surface area contributed by atoms with Crippen LogP contribution in [0.3, 0.4) is 0 Å². The SMILES string of the molecule is CCS(=O)(=O)c1ccc(CNC(=O)c2ccc(N3CCCC(c4ccc(C(F)(F)F)cc4)C3)nc2)cc1. The zero-order valence-corrected chi connectivity index (χ0v) is 21.1. The largest absolute Gasteiger partial charge is 0.416 e. The first kappa shape index (κ1) is 26.7. The van der Waals surface area contributed by atoms with Gasteiger partial charge in [0, 0.05) is 31.7 Å². The molecule has 1 saturated heterocycles. The van der Waals surface area contributed by atoms with Crippen molar-refractivity contribution < 1.29 is 26.4 Å². The summed E-state index contributed by atoms with van der Waals surface area (Å²) in [5.41, 5.74) is 1.38. The molecular formula is C27H28F3N3O3S. The number of rotatable bonds is 7. The molecule has 3 aromatic rings. The van der Waals surface area contributed by atoms with Crippen LogP contribution in [-0.2, 0) is 22.6 Å². The molecule has 4 rings (SSSR count). The number of sulfone groups is 1. The summed E-state index contributed by atoms with van der Waals surface area (Å²) in [6, 6.07) is 15.2. The zero-order chi connectivity index (χ0) is 26.6. The van der Waals surface area contributed by atoms with Crippen molar-refractivity contribution >= 4 is 21.6 Å². The average molecular weight is 532 g/mol. The maximum Gasteiger partial charge on any atom is 0.416 e. The van der Waals surface area contributed by atoms with E-state index >= 15 is 0 Å². The first-order chi connectivity index (χ1) is 17.6. The highest BCUT2D eigenvalue weighted by molar-refractivity contribution is 7.91. The number of nitrogens with zero attached hydrogens (tertiary/aromatic N) is 2. The molecule has 1 aliphatic rings. The molecule has 0 spiro atoms. The molecule has 0 aliphatic carbocycles. The first-order valence-corrected chi connectivity index (χ1v) is 13.7. The van der Waals surface area contributed by atoms with Gasteiger partial charge in [0.2, 0.25) is 0 Å². The Balaban J connectivity index is 1.34. The van der Waals surface area contributed by atoms with E-state index in [9.17, 15) is 26.4 Å². The molecular weight excluding hydrogens is 503 g/mol. The van der Waals surface area contributed by atoms with Gasteiger partial charge in [0.15, 0.2) is 9.84 Å². The second-order valence-corrected chi connectivity index (χ2v) is 11.3. The standard InChI is InChI=1S/C27H28F3N3O3S/c1-2-37(35,36)24-12-5-19(6-13-24)16-32-26(34)21-9-14-25(31-17-21)33-15-3-4-22(18-33)20-7-10-23(11-8-20)27(28,29)30/h5-14,17,22H,2-4,15-16,18H2,1H3,(H,32,34). The molecule has 37 heavy (non-hydrogen) atoms. The molecule has 2 heterocycles.